The summed E-state index contributed by atoms with van der Waals surface area (Å²) in [7, 11) is 2.19. The molecule has 1 saturated heterocycles. The van der Waals surface area contributed by atoms with E-state index in [-0.39, 0.29) is 0 Å². The topological polar surface area (TPSA) is 69.2 Å². The van der Waals surface area contributed by atoms with Gasteiger partial charge in [-0.15, -0.1) is 0 Å². The van der Waals surface area contributed by atoms with Gasteiger partial charge in [0, 0.05) is 73.9 Å². The molecule has 0 aliphatic carbocycles. The number of aromatic nitrogens is 3. The Hall–Kier alpha value is -4.07. The lowest BCUT2D eigenvalue weighted by Gasteiger charge is -2.32. The van der Waals surface area contributed by atoms with Gasteiger partial charge in [0.15, 0.2) is 0 Å². The summed E-state index contributed by atoms with van der Waals surface area (Å²) in [6, 6.07) is 20.6. The molecule has 2 N–H and O–H groups in total. The third kappa shape index (κ3) is 6.39. The summed E-state index contributed by atoms with van der Waals surface area (Å²) in [6.07, 6.45) is 5.30. The molecule has 5 rings (SSSR count). The summed E-state index contributed by atoms with van der Waals surface area (Å²) in [5.74, 6) is 0.547. The maximum atomic E-state index is 4.64. The van der Waals surface area contributed by atoms with Crippen molar-refractivity contribution < 1.29 is 0 Å². The first-order chi connectivity index (χ1) is 18.0. The van der Waals surface area contributed by atoms with E-state index in [1.165, 1.54) is 5.56 Å². The maximum Gasteiger partial charge on any atom is 0.227 e. The van der Waals surface area contributed by atoms with E-state index >= 15 is 0 Å². The van der Waals surface area contributed by atoms with E-state index in [2.05, 4.69) is 86.3 Å². The molecule has 3 heterocycles. The zero-order chi connectivity index (χ0) is 25.6. The molecule has 0 unspecified atom stereocenters. The van der Waals surface area contributed by atoms with Crippen molar-refractivity contribution >= 4 is 23.0 Å². The van der Waals surface area contributed by atoms with Gasteiger partial charge < -0.3 is 15.5 Å². The van der Waals surface area contributed by atoms with Crippen molar-refractivity contribution in [3.8, 4) is 11.3 Å². The standard InChI is InChI=1S/C30H33N7/c1-22-19-27(10-11-28(22)34-30-32-14-12-29(35-30)26-5-4-13-31-20-26)33-23(2)25-8-6-24(7-9-25)21-37-17-15-36(3)16-18-37/h4-14,19-20,33H,2,15-18,21H2,1,3H3,(H,32,34,35). The highest BCUT2D eigenvalue weighted by atomic mass is 15.2. The van der Waals surface area contributed by atoms with Gasteiger partial charge in [0.05, 0.1) is 5.69 Å². The number of pyridine rings is 1. The van der Waals surface area contributed by atoms with Gasteiger partial charge in [0.1, 0.15) is 0 Å². The zero-order valence-corrected chi connectivity index (χ0v) is 21.5. The number of rotatable bonds is 8. The fraction of sp³-hybridized carbons (Fsp3) is 0.233. The normalized spacial score (nSPS) is 14.3. The Morgan fingerprint density at radius 1 is 0.973 bits per heavy atom. The quantitative estimate of drug-likeness (QED) is 0.341. The molecule has 2 aromatic carbocycles. The minimum atomic E-state index is 0.547. The van der Waals surface area contributed by atoms with E-state index in [0.29, 0.717) is 5.95 Å². The molecule has 1 aliphatic heterocycles. The minimum Gasteiger partial charge on any atom is -0.356 e. The lowest BCUT2D eigenvalue weighted by atomic mass is 10.1. The summed E-state index contributed by atoms with van der Waals surface area (Å²) in [5, 5.41) is 6.79. The van der Waals surface area contributed by atoms with Crippen LogP contribution < -0.4 is 10.6 Å². The Morgan fingerprint density at radius 2 is 1.78 bits per heavy atom. The van der Waals surface area contributed by atoms with E-state index < -0.39 is 0 Å². The molecule has 0 radical (unpaired) electrons. The van der Waals surface area contributed by atoms with Crippen LogP contribution >= 0.6 is 0 Å². The molecule has 7 nitrogen and oxygen atoms in total. The average Bonchev–Trinajstić information content (AvgIpc) is 2.92. The monoisotopic (exact) mass is 491 g/mol. The number of aryl methyl sites for hydroxylation is 1. The highest BCUT2D eigenvalue weighted by molar-refractivity contribution is 5.77. The molecule has 1 fully saturated rings. The molecule has 37 heavy (non-hydrogen) atoms. The maximum absolute atomic E-state index is 4.64. The molecule has 1 aliphatic rings. The second-order valence-corrected chi connectivity index (χ2v) is 9.54. The van der Waals surface area contributed by atoms with Crippen LogP contribution in [0.3, 0.4) is 0 Å². The summed E-state index contributed by atoms with van der Waals surface area (Å²) < 4.78 is 0. The Bertz CT molecular complexity index is 1340. The first-order valence-corrected chi connectivity index (χ1v) is 12.6. The smallest absolute Gasteiger partial charge is 0.227 e. The molecule has 0 atom stereocenters. The van der Waals surface area contributed by atoms with Crippen LogP contribution in [0.1, 0.15) is 16.7 Å². The fourth-order valence-electron chi connectivity index (χ4n) is 4.42. The third-order valence-corrected chi connectivity index (χ3v) is 6.69. The van der Waals surface area contributed by atoms with Crippen molar-refractivity contribution in [1.29, 1.82) is 0 Å². The number of hydrogen-bond donors (Lipinski definition) is 2. The van der Waals surface area contributed by atoms with Crippen molar-refractivity contribution in [3.63, 3.8) is 0 Å². The van der Waals surface area contributed by atoms with Gasteiger partial charge in [-0.3, -0.25) is 9.88 Å². The van der Waals surface area contributed by atoms with Gasteiger partial charge in [-0.1, -0.05) is 30.8 Å². The summed E-state index contributed by atoms with van der Waals surface area (Å²) in [4.78, 5) is 18.1. The molecule has 0 spiro atoms. The molecule has 4 aromatic rings. The number of anilines is 3. The van der Waals surface area contributed by atoms with Gasteiger partial charge in [-0.25, -0.2) is 9.97 Å². The van der Waals surface area contributed by atoms with Crippen LogP contribution in [-0.2, 0) is 6.54 Å². The van der Waals surface area contributed by atoms with Crippen molar-refractivity contribution in [2.45, 2.75) is 13.5 Å². The Kier molecular flexibility index (Phi) is 7.54. The van der Waals surface area contributed by atoms with Crippen LogP contribution in [0.5, 0.6) is 0 Å². The molecule has 0 saturated carbocycles. The van der Waals surface area contributed by atoms with E-state index in [9.17, 15) is 0 Å². The van der Waals surface area contributed by atoms with Gasteiger partial charge in [-0.2, -0.15) is 0 Å². The van der Waals surface area contributed by atoms with Crippen LogP contribution in [-0.4, -0.2) is 58.0 Å². The Balaban J connectivity index is 1.20. The van der Waals surface area contributed by atoms with Crippen molar-refractivity contribution in [2.75, 3.05) is 43.9 Å². The van der Waals surface area contributed by atoms with Crippen molar-refractivity contribution in [2.24, 2.45) is 0 Å². The van der Waals surface area contributed by atoms with Crippen LogP contribution in [0, 0.1) is 6.92 Å². The van der Waals surface area contributed by atoms with Gasteiger partial charge >= 0.3 is 0 Å². The SMILES string of the molecule is C=C(Nc1ccc(Nc2nccc(-c3cccnc3)n2)c(C)c1)c1ccc(CN2CCN(C)CC2)cc1. The van der Waals surface area contributed by atoms with Gasteiger partial charge in [0.2, 0.25) is 5.95 Å². The largest absolute Gasteiger partial charge is 0.356 e. The van der Waals surface area contributed by atoms with Gasteiger partial charge in [-0.05, 0) is 67.1 Å². The number of likely N-dealkylation sites (N-methyl/N-ethyl adjacent to an activating group) is 1. The molecule has 0 amide bonds. The zero-order valence-electron chi connectivity index (χ0n) is 21.5. The predicted molar refractivity (Wildman–Crippen MR) is 152 cm³/mol. The lowest BCUT2D eigenvalue weighted by molar-refractivity contribution is 0.148. The molecule has 2 aromatic heterocycles. The Morgan fingerprint density at radius 3 is 2.51 bits per heavy atom. The van der Waals surface area contributed by atoms with E-state index in [1.807, 2.05) is 30.3 Å². The molecule has 7 heteroatoms. The third-order valence-electron chi connectivity index (χ3n) is 6.69. The summed E-state index contributed by atoms with van der Waals surface area (Å²) >= 11 is 0. The van der Waals surface area contributed by atoms with E-state index in [1.54, 1.807) is 18.6 Å². The molecular weight excluding hydrogens is 458 g/mol. The number of hydrogen-bond acceptors (Lipinski definition) is 7. The highest BCUT2D eigenvalue weighted by Crippen LogP contribution is 2.26. The van der Waals surface area contributed by atoms with Crippen molar-refractivity contribution in [1.82, 2.24) is 24.8 Å². The highest BCUT2D eigenvalue weighted by Gasteiger charge is 2.14. The van der Waals surface area contributed by atoms with Crippen LogP contribution in [0.4, 0.5) is 17.3 Å². The second-order valence-electron chi connectivity index (χ2n) is 9.54. The van der Waals surface area contributed by atoms with Crippen LogP contribution in [0.2, 0.25) is 0 Å². The molecular formula is C30H33N7. The number of benzene rings is 2. The summed E-state index contributed by atoms with van der Waals surface area (Å²) in [6.45, 7) is 11.8. The fourth-order valence-corrected chi connectivity index (χ4v) is 4.42. The lowest BCUT2D eigenvalue weighted by Crippen LogP contribution is -2.43. The first-order valence-electron chi connectivity index (χ1n) is 12.6. The van der Waals surface area contributed by atoms with Crippen molar-refractivity contribution in [3.05, 3.63) is 103 Å². The second kappa shape index (κ2) is 11.3. The van der Waals surface area contributed by atoms with E-state index in [4.69, 9.17) is 0 Å². The minimum absolute atomic E-state index is 0.547. The number of nitrogens with zero attached hydrogens (tertiary/aromatic N) is 5. The van der Waals surface area contributed by atoms with E-state index in [0.717, 1.165) is 72.2 Å². The summed E-state index contributed by atoms with van der Waals surface area (Å²) in [5.41, 5.74) is 8.09. The molecule has 0 bridgehead atoms. The first kappa shape index (κ1) is 24.6. The Labute approximate surface area is 218 Å². The number of piperazine rings is 1. The number of nitrogens with one attached hydrogen (secondary N) is 2. The van der Waals surface area contributed by atoms with Crippen LogP contribution in [0.25, 0.3) is 17.0 Å². The van der Waals surface area contributed by atoms with Gasteiger partial charge in [0.25, 0.3) is 0 Å². The molecule has 188 valence electrons. The van der Waals surface area contributed by atoms with Crippen LogP contribution in [0.15, 0.2) is 85.8 Å². The average molecular weight is 492 g/mol. The predicted octanol–water partition coefficient (Wildman–Crippen LogP) is 5.42.